The van der Waals surface area contributed by atoms with Crippen LogP contribution in [0.25, 0.3) is 0 Å². The molecule has 1 heterocycles. The van der Waals surface area contributed by atoms with Crippen LogP contribution in [0.5, 0.6) is 0 Å². The quantitative estimate of drug-likeness (QED) is 0.852. The van der Waals surface area contributed by atoms with Crippen LogP contribution in [0.4, 0.5) is 0 Å². The third-order valence-electron chi connectivity index (χ3n) is 3.72. The van der Waals surface area contributed by atoms with E-state index in [9.17, 15) is 4.79 Å². The average Bonchev–Trinajstić information content (AvgIpc) is 2.40. The minimum Gasteiger partial charge on any atom is -0.349 e. The van der Waals surface area contributed by atoms with Crippen molar-refractivity contribution < 1.29 is 4.79 Å². The molecular formula is C14H19ClN2O. The van der Waals surface area contributed by atoms with Crippen LogP contribution in [-0.2, 0) is 0 Å². The van der Waals surface area contributed by atoms with Gasteiger partial charge in [-0.3, -0.25) is 4.79 Å². The first kappa shape index (κ1) is 13.3. The Labute approximate surface area is 113 Å². The number of nitrogens with one attached hydrogen (secondary N) is 1. The molecule has 98 valence electrons. The molecule has 0 aliphatic heterocycles. The SMILES string of the molecule is CC(NC(=O)c1cccnc1Cl)C1CCCCC1. The van der Waals surface area contributed by atoms with E-state index in [2.05, 4.69) is 17.2 Å². The Balaban J connectivity index is 1.96. The van der Waals surface area contributed by atoms with E-state index >= 15 is 0 Å². The Hall–Kier alpha value is -1.09. The van der Waals surface area contributed by atoms with Gasteiger partial charge >= 0.3 is 0 Å². The minimum atomic E-state index is -0.119. The van der Waals surface area contributed by atoms with Crippen LogP contribution >= 0.6 is 11.6 Å². The summed E-state index contributed by atoms with van der Waals surface area (Å²) < 4.78 is 0. The Morgan fingerprint density at radius 2 is 2.17 bits per heavy atom. The Morgan fingerprint density at radius 1 is 1.44 bits per heavy atom. The van der Waals surface area contributed by atoms with Crippen molar-refractivity contribution in [1.82, 2.24) is 10.3 Å². The van der Waals surface area contributed by atoms with Gasteiger partial charge in [0.2, 0.25) is 0 Å². The molecule has 18 heavy (non-hydrogen) atoms. The largest absolute Gasteiger partial charge is 0.349 e. The second-order valence-corrected chi connectivity index (χ2v) is 5.36. The molecule has 4 heteroatoms. The number of nitrogens with zero attached hydrogens (tertiary/aromatic N) is 1. The number of aromatic nitrogens is 1. The van der Waals surface area contributed by atoms with Crippen LogP contribution in [0.1, 0.15) is 49.4 Å². The maximum absolute atomic E-state index is 12.1. The molecule has 1 aliphatic rings. The lowest BCUT2D eigenvalue weighted by molar-refractivity contribution is 0.0919. The molecule has 1 fully saturated rings. The summed E-state index contributed by atoms with van der Waals surface area (Å²) in [5.41, 5.74) is 0.460. The lowest BCUT2D eigenvalue weighted by Gasteiger charge is -2.28. The smallest absolute Gasteiger partial charge is 0.254 e. The van der Waals surface area contributed by atoms with Crippen molar-refractivity contribution in [3.63, 3.8) is 0 Å². The van der Waals surface area contributed by atoms with Crippen LogP contribution in [0, 0.1) is 5.92 Å². The summed E-state index contributed by atoms with van der Waals surface area (Å²) >= 11 is 5.92. The number of rotatable bonds is 3. The molecule has 0 bridgehead atoms. The van der Waals surface area contributed by atoms with E-state index < -0.39 is 0 Å². The van der Waals surface area contributed by atoms with Gasteiger partial charge < -0.3 is 5.32 Å². The summed E-state index contributed by atoms with van der Waals surface area (Å²) in [7, 11) is 0. The van der Waals surface area contributed by atoms with Crippen LogP contribution < -0.4 is 5.32 Å². The van der Waals surface area contributed by atoms with Gasteiger partial charge in [-0.15, -0.1) is 0 Å². The second kappa shape index (κ2) is 6.19. The first-order chi connectivity index (χ1) is 8.68. The first-order valence-electron chi connectivity index (χ1n) is 6.60. The topological polar surface area (TPSA) is 42.0 Å². The van der Waals surface area contributed by atoms with Gasteiger partial charge in [0, 0.05) is 12.2 Å². The fraction of sp³-hybridized carbons (Fsp3) is 0.571. The molecule has 0 spiro atoms. The Kier molecular flexibility index (Phi) is 4.59. The highest BCUT2D eigenvalue weighted by molar-refractivity contribution is 6.32. The van der Waals surface area contributed by atoms with Crippen molar-refractivity contribution in [2.45, 2.75) is 45.1 Å². The predicted octanol–water partition coefficient (Wildman–Crippen LogP) is 3.43. The number of hydrogen-bond acceptors (Lipinski definition) is 2. The highest BCUT2D eigenvalue weighted by Gasteiger charge is 2.22. The monoisotopic (exact) mass is 266 g/mol. The van der Waals surface area contributed by atoms with Crippen LogP contribution in [0.15, 0.2) is 18.3 Å². The fourth-order valence-corrected chi connectivity index (χ4v) is 2.80. The molecule has 1 amide bonds. The van der Waals surface area contributed by atoms with Crippen molar-refractivity contribution in [2.75, 3.05) is 0 Å². The summed E-state index contributed by atoms with van der Waals surface area (Å²) in [6, 6.07) is 3.64. The summed E-state index contributed by atoms with van der Waals surface area (Å²) in [4.78, 5) is 16.0. The summed E-state index contributed by atoms with van der Waals surface area (Å²) in [5.74, 6) is 0.476. The van der Waals surface area contributed by atoms with Gasteiger partial charge in [0.15, 0.2) is 0 Å². The maximum Gasteiger partial charge on any atom is 0.254 e. The molecule has 1 unspecified atom stereocenters. The zero-order valence-electron chi connectivity index (χ0n) is 10.7. The lowest BCUT2D eigenvalue weighted by Crippen LogP contribution is -2.39. The third-order valence-corrected chi connectivity index (χ3v) is 4.02. The third kappa shape index (κ3) is 3.22. The van der Waals surface area contributed by atoms with E-state index in [0.29, 0.717) is 11.5 Å². The van der Waals surface area contributed by atoms with E-state index in [1.54, 1.807) is 18.3 Å². The van der Waals surface area contributed by atoms with Gasteiger partial charge in [-0.1, -0.05) is 30.9 Å². The van der Waals surface area contributed by atoms with Crippen LogP contribution in [0.2, 0.25) is 5.15 Å². The molecular weight excluding hydrogens is 248 g/mol. The van der Waals surface area contributed by atoms with E-state index in [0.717, 1.165) is 0 Å². The number of halogens is 1. The summed E-state index contributed by atoms with van der Waals surface area (Å²) in [6.07, 6.45) is 7.89. The number of amides is 1. The first-order valence-corrected chi connectivity index (χ1v) is 6.97. The van der Waals surface area contributed by atoms with Gasteiger partial charge in [-0.2, -0.15) is 0 Å². The van der Waals surface area contributed by atoms with Crippen LogP contribution in [-0.4, -0.2) is 16.9 Å². The molecule has 0 saturated heterocycles. The molecule has 0 radical (unpaired) electrons. The standard InChI is InChI=1S/C14H19ClN2O/c1-10(11-6-3-2-4-7-11)17-14(18)12-8-5-9-16-13(12)15/h5,8-11H,2-4,6-7H2,1H3,(H,17,18). The van der Waals surface area contributed by atoms with Crippen molar-refractivity contribution in [1.29, 1.82) is 0 Å². The van der Waals surface area contributed by atoms with Crippen molar-refractivity contribution in [2.24, 2.45) is 5.92 Å². The molecule has 1 aliphatic carbocycles. The summed E-state index contributed by atoms with van der Waals surface area (Å²) in [6.45, 7) is 2.08. The molecule has 1 aromatic heterocycles. The lowest BCUT2D eigenvalue weighted by atomic mass is 9.84. The second-order valence-electron chi connectivity index (χ2n) is 5.00. The fourth-order valence-electron chi connectivity index (χ4n) is 2.59. The Bertz CT molecular complexity index is 416. The average molecular weight is 267 g/mol. The predicted molar refractivity (Wildman–Crippen MR) is 72.8 cm³/mol. The highest BCUT2D eigenvalue weighted by Crippen LogP contribution is 2.26. The zero-order chi connectivity index (χ0) is 13.0. The summed E-state index contributed by atoms with van der Waals surface area (Å²) in [5, 5.41) is 3.31. The van der Waals surface area contributed by atoms with E-state index in [-0.39, 0.29) is 17.1 Å². The minimum absolute atomic E-state index is 0.119. The van der Waals surface area contributed by atoms with Gasteiger partial charge in [-0.25, -0.2) is 4.98 Å². The molecule has 1 saturated carbocycles. The molecule has 3 nitrogen and oxygen atoms in total. The van der Waals surface area contributed by atoms with Gasteiger partial charge in [0.25, 0.3) is 5.91 Å². The Morgan fingerprint density at radius 3 is 2.83 bits per heavy atom. The molecule has 2 rings (SSSR count). The number of hydrogen-bond donors (Lipinski definition) is 1. The van der Waals surface area contributed by atoms with Gasteiger partial charge in [0.05, 0.1) is 5.56 Å². The number of carbonyl (C=O) groups excluding carboxylic acids is 1. The number of carbonyl (C=O) groups is 1. The van der Waals surface area contributed by atoms with Crippen molar-refractivity contribution >= 4 is 17.5 Å². The number of pyridine rings is 1. The van der Waals surface area contributed by atoms with Crippen LogP contribution in [0.3, 0.4) is 0 Å². The van der Waals surface area contributed by atoms with Crippen molar-refractivity contribution in [3.05, 3.63) is 29.0 Å². The van der Waals surface area contributed by atoms with Gasteiger partial charge in [0.1, 0.15) is 5.15 Å². The van der Waals surface area contributed by atoms with E-state index in [1.165, 1.54) is 32.1 Å². The van der Waals surface area contributed by atoms with Crippen molar-refractivity contribution in [3.8, 4) is 0 Å². The van der Waals surface area contributed by atoms with E-state index in [4.69, 9.17) is 11.6 Å². The van der Waals surface area contributed by atoms with Gasteiger partial charge in [-0.05, 0) is 37.8 Å². The van der Waals surface area contributed by atoms with E-state index in [1.807, 2.05) is 0 Å². The highest BCUT2D eigenvalue weighted by atomic mass is 35.5. The molecule has 0 aromatic carbocycles. The molecule has 1 aromatic rings. The molecule has 1 atom stereocenters. The maximum atomic E-state index is 12.1. The normalized spacial score (nSPS) is 18.3. The zero-order valence-corrected chi connectivity index (χ0v) is 11.4. The molecule has 1 N–H and O–H groups in total.